The summed E-state index contributed by atoms with van der Waals surface area (Å²) in [5.74, 6) is -0.464. The molecule has 2 N–H and O–H groups in total. The fourth-order valence-corrected chi connectivity index (χ4v) is 2.65. The largest absolute Gasteiger partial charge is 0.361 e. The topological polar surface area (TPSA) is 88.9 Å². The molecule has 2 aromatic heterocycles. The second kappa shape index (κ2) is 5.84. The van der Waals surface area contributed by atoms with E-state index in [9.17, 15) is 14.4 Å². The van der Waals surface area contributed by atoms with Crippen molar-refractivity contribution in [3.05, 3.63) is 68.6 Å². The lowest BCUT2D eigenvalue weighted by atomic mass is 10.1. The molecule has 0 aliphatic carbocycles. The molecule has 0 aliphatic rings. The number of nitrogens with zero attached hydrogens (tertiary/aromatic N) is 2. The van der Waals surface area contributed by atoms with Gasteiger partial charge in [0.15, 0.2) is 0 Å². The number of carbonyl (C=O) groups excluding carboxylic acids is 1. The lowest BCUT2D eigenvalue weighted by Crippen LogP contribution is -2.41. The van der Waals surface area contributed by atoms with Gasteiger partial charge in [-0.25, -0.2) is 4.79 Å². The molecular formula is C17H18N4O3. The normalized spacial score (nSPS) is 12.3. The molecule has 0 bridgehead atoms. The summed E-state index contributed by atoms with van der Waals surface area (Å²) in [6, 6.07) is 8.71. The maximum Gasteiger partial charge on any atom is 0.331 e. The first-order valence-corrected chi connectivity index (χ1v) is 7.53. The minimum absolute atomic E-state index is 0.0395. The highest BCUT2D eigenvalue weighted by Gasteiger charge is 2.16. The zero-order valence-corrected chi connectivity index (χ0v) is 13.7. The Kier molecular flexibility index (Phi) is 3.84. The Morgan fingerprint density at radius 1 is 1.12 bits per heavy atom. The summed E-state index contributed by atoms with van der Waals surface area (Å²) in [6.07, 6.45) is 1.85. The highest BCUT2D eigenvalue weighted by atomic mass is 16.2. The number of aromatic amines is 1. The van der Waals surface area contributed by atoms with Crippen LogP contribution in [0, 0.1) is 0 Å². The summed E-state index contributed by atoms with van der Waals surface area (Å²) in [7, 11) is 2.84. The molecule has 0 saturated heterocycles. The Hall–Kier alpha value is -3.09. The molecule has 0 radical (unpaired) electrons. The Bertz CT molecular complexity index is 1040. The van der Waals surface area contributed by atoms with Crippen molar-refractivity contribution >= 4 is 16.8 Å². The van der Waals surface area contributed by atoms with Crippen LogP contribution in [-0.4, -0.2) is 20.0 Å². The van der Waals surface area contributed by atoms with Gasteiger partial charge in [0.2, 0.25) is 0 Å². The van der Waals surface area contributed by atoms with Crippen molar-refractivity contribution in [1.82, 2.24) is 19.4 Å². The maximum absolute atomic E-state index is 12.5. The molecule has 0 aliphatic heterocycles. The Morgan fingerprint density at radius 3 is 2.62 bits per heavy atom. The minimum Gasteiger partial charge on any atom is -0.361 e. The molecule has 3 rings (SSSR count). The third kappa shape index (κ3) is 2.64. The van der Waals surface area contributed by atoms with Gasteiger partial charge in [-0.2, -0.15) is 0 Å². The fraction of sp³-hybridized carbons (Fsp3) is 0.235. The number of hydrogen-bond acceptors (Lipinski definition) is 3. The molecule has 1 atom stereocenters. The van der Waals surface area contributed by atoms with E-state index < -0.39 is 17.2 Å². The van der Waals surface area contributed by atoms with Gasteiger partial charge in [0.05, 0.1) is 6.04 Å². The third-order valence-electron chi connectivity index (χ3n) is 4.18. The van der Waals surface area contributed by atoms with Crippen LogP contribution in [0.4, 0.5) is 0 Å². The van der Waals surface area contributed by atoms with Crippen LogP contribution in [-0.2, 0) is 14.1 Å². The van der Waals surface area contributed by atoms with Crippen molar-refractivity contribution in [2.75, 3.05) is 0 Å². The highest BCUT2D eigenvalue weighted by molar-refractivity contribution is 5.92. The molecule has 0 saturated carbocycles. The van der Waals surface area contributed by atoms with Crippen LogP contribution in [0.3, 0.4) is 0 Å². The Morgan fingerprint density at radius 2 is 1.88 bits per heavy atom. The van der Waals surface area contributed by atoms with E-state index in [1.54, 1.807) is 0 Å². The molecule has 124 valence electrons. The number of hydrogen-bond donors (Lipinski definition) is 2. The standard InChI is InChI=1S/C17H18N4O3/c1-10(11-4-5-13-12(8-11)6-7-18-13)19-16(23)14-9-15(22)21(3)17(24)20(14)2/h4-10,18H,1-3H3,(H,19,23). The van der Waals surface area contributed by atoms with Crippen LogP contribution >= 0.6 is 0 Å². The van der Waals surface area contributed by atoms with Crippen molar-refractivity contribution in [3.63, 3.8) is 0 Å². The van der Waals surface area contributed by atoms with Crippen LogP contribution in [0.25, 0.3) is 10.9 Å². The van der Waals surface area contributed by atoms with Gasteiger partial charge in [-0.1, -0.05) is 6.07 Å². The summed E-state index contributed by atoms with van der Waals surface area (Å²) in [5, 5.41) is 3.88. The number of benzene rings is 1. The van der Waals surface area contributed by atoms with Crippen LogP contribution in [0.1, 0.15) is 29.0 Å². The lowest BCUT2D eigenvalue weighted by molar-refractivity contribution is 0.0929. The molecule has 0 fully saturated rings. The van der Waals surface area contributed by atoms with Gasteiger partial charge in [0, 0.05) is 31.9 Å². The average Bonchev–Trinajstić information content (AvgIpc) is 3.03. The molecule has 24 heavy (non-hydrogen) atoms. The highest BCUT2D eigenvalue weighted by Crippen LogP contribution is 2.19. The second-order valence-electron chi connectivity index (χ2n) is 5.79. The zero-order chi connectivity index (χ0) is 17.4. The number of H-pyrrole nitrogens is 1. The molecule has 1 unspecified atom stereocenters. The Balaban J connectivity index is 1.89. The molecule has 7 heteroatoms. The molecule has 1 amide bonds. The van der Waals surface area contributed by atoms with Gasteiger partial charge < -0.3 is 10.3 Å². The number of carbonyl (C=O) groups is 1. The number of fused-ring (bicyclic) bond motifs is 1. The van der Waals surface area contributed by atoms with Crippen molar-refractivity contribution in [2.45, 2.75) is 13.0 Å². The van der Waals surface area contributed by atoms with Crippen LogP contribution < -0.4 is 16.6 Å². The second-order valence-corrected chi connectivity index (χ2v) is 5.79. The number of aromatic nitrogens is 3. The SMILES string of the molecule is CC(NC(=O)c1cc(=O)n(C)c(=O)n1C)c1ccc2[nH]ccc2c1. The van der Waals surface area contributed by atoms with E-state index >= 15 is 0 Å². The van der Waals surface area contributed by atoms with E-state index in [-0.39, 0.29) is 11.7 Å². The maximum atomic E-state index is 12.5. The van der Waals surface area contributed by atoms with Crippen molar-refractivity contribution in [2.24, 2.45) is 14.1 Å². The molecule has 1 aromatic carbocycles. The fourth-order valence-electron chi connectivity index (χ4n) is 2.65. The third-order valence-corrected chi connectivity index (χ3v) is 4.18. The molecule has 0 spiro atoms. The van der Waals surface area contributed by atoms with Crippen molar-refractivity contribution in [3.8, 4) is 0 Å². The minimum atomic E-state index is -0.533. The van der Waals surface area contributed by atoms with Crippen molar-refractivity contribution in [1.29, 1.82) is 0 Å². The molecule has 7 nitrogen and oxygen atoms in total. The van der Waals surface area contributed by atoms with E-state index in [0.717, 1.165) is 21.0 Å². The summed E-state index contributed by atoms with van der Waals surface area (Å²) in [4.78, 5) is 39.3. The molecule has 3 aromatic rings. The summed E-state index contributed by atoms with van der Waals surface area (Å²) >= 11 is 0. The van der Waals surface area contributed by atoms with Crippen LogP contribution in [0.5, 0.6) is 0 Å². The van der Waals surface area contributed by atoms with Gasteiger partial charge in [-0.3, -0.25) is 18.7 Å². The van der Waals surface area contributed by atoms with Gasteiger partial charge in [0.1, 0.15) is 5.69 Å². The number of amides is 1. The van der Waals surface area contributed by atoms with E-state index in [1.807, 2.05) is 37.4 Å². The summed E-state index contributed by atoms with van der Waals surface area (Å²) in [5.41, 5.74) is 0.951. The van der Waals surface area contributed by atoms with Gasteiger partial charge in [-0.15, -0.1) is 0 Å². The van der Waals surface area contributed by atoms with Gasteiger partial charge in [0.25, 0.3) is 11.5 Å². The average molecular weight is 326 g/mol. The monoisotopic (exact) mass is 326 g/mol. The van der Waals surface area contributed by atoms with Crippen LogP contribution in [0.2, 0.25) is 0 Å². The Labute approximate surface area is 137 Å². The first-order valence-electron chi connectivity index (χ1n) is 7.53. The summed E-state index contributed by atoms with van der Waals surface area (Å²) < 4.78 is 2.12. The zero-order valence-electron chi connectivity index (χ0n) is 13.7. The molecular weight excluding hydrogens is 308 g/mol. The number of nitrogens with one attached hydrogen (secondary N) is 2. The van der Waals surface area contributed by atoms with Crippen molar-refractivity contribution < 1.29 is 4.79 Å². The van der Waals surface area contributed by atoms with Crippen LogP contribution in [0.15, 0.2) is 46.1 Å². The van der Waals surface area contributed by atoms with E-state index in [2.05, 4.69) is 10.3 Å². The van der Waals surface area contributed by atoms with Gasteiger partial charge >= 0.3 is 5.69 Å². The van der Waals surface area contributed by atoms with E-state index in [1.165, 1.54) is 24.7 Å². The van der Waals surface area contributed by atoms with E-state index in [0.29, 0.717) is 0 Å². The lowest BCUT2D eigenvalue weighted by Gasteiger charge is -2.16. The number of rotatable bonds is 3. The first kappa shape index (κ1) is 15.8. The van der Waals surface area contributed by atoms with E-state index in [4.69, 9.17) is 0 Å². The summed E-state index contributed by atoms with van der Waals surface area (Å²) in [6.45, 7) is 1.85. The smallest absolute Gasteiger partial charge is 0.331 e. The van der Waals surface area contributed by atoms with Gasteiger partial charge in [-0.05, 0) is 36.1 Å². The predicted octanol–water partition coefficient (Wildman–Crippen LogP) is 1.06. The quantitative estimate of drug-likeness (QED) is 0.754. The first-order chi connectivity index (χ1) is 11.4. The molecule has 2 heterocycles. The predicted molar refractivity (Wildman–Crippen MR) is 91.1 cm³/mol.